The highest BCUT2D eigenvalue weighted by Crippen LogP contribution is 2.33. The van der Waals surface area contributed by atoms with E-state index in [0.717, 1.165) is 5.13 Å². The molecule has 2 unspecified atom stereocenters. The first-order chi connectivity index (χ1) is 8.95. The molecule has 1 aliphatic carbocycles. The molecule has 0 aliphatic heterocycles. The molecular formula is C13H20N2O2S2. The molecule has 2 rings (SSSR count). The lowest BCUT2D eigenvalue weighted by molar-refractivity contribution is -0.142. The maximum absolute atomic E-state index is 11.2. The molecule has 1 heterocycles. The van der Waals surface area contributed by atoms with E-state index in [1.807, 2.05) is 17.1 Å². The number of hydrogen-bond acceptors (Lipinski definition) is 5. The largest absolute Gasteiger partial charge is 0.481 e. The zero-order valence-corrected chi connectivity index (χ0v) is 13.1. The summed E-state index contributed by atoms with van der Waals surface area (Å²) in [6.07, 6.45) is 5.81. The highest BCUT2D eigenvalue weighted by molar-refractivity contribution is 7.99. The fraction of sp³-hybridized carbons (Fsp3) is 0.692. The van der Waals surface area contributed by atoms with Crippen LogP contribution in [0.5, 0.6) is 0 Å². The van der Waals surface area contributed by atoms with Crippen LogP contribution in [-0.4, -0.2) is 33.6 Å². The topological polar surface area (TPSA) is 62.2 Å². The SMILES string of the molecule is CSC1CCCC1Nc1nc(C(C)(C)C(=O)O)cs1. The molecule has 106 valence electrons. The number of hydrogen-bond donors (Lipinski definition) is 2. The van der Waals surface area contributed by atoms with Crippen molar-refractivity contribution in [2.75, 3.05) is 11.6 Å². The van der Waals surface area contributed by atoms with E-state index in [0.29, 0.717) is 17.0 Å². The molecule has 0 spiro atoms. The summed E-state index contributed by atoms with van der Waals surface area (Å²) in [5.74, 6) is -0.841. The number of nitrogens with one attached hydrogen (secondary N) is 1. The van der Waals surface area contributed by atoms with E-state index in [1.165, 1.54) is 30.6 Å². The van der Waals surface area contributed by atoms with E-state index in [1.54, 1.807) is 13.8 Å². The van der Waals surface area contributed by atoms with Crippen LogP contribution in [0.1, 0.15) is 38.8 Å². The summed E-state index contributed by atoms with van der Waals surface area (Å²) in [6.45, 7) is 3.38. The first-order valence-corrected chi connectivity index (χ1v) is 8.60. The molecule has 1 aliphatic rings. The van der Waals surface area contributed by atoms with Crippen LogP contribution in [0, 0.1) is 0 Å². The van der Waals surface area contributed by atoms with Gasteiger partial charge in [0.2, 0.25) is 0 Å². The molecule has 2 N–H and O–H groups in total. The second kappa shape index (κ2) is 5.71. The molecule has 1 aromatic rings. The first-order valence-electron chi connectivity index (χ1n) is 6.44. The third kappa shape index (κ3) is 3.05. The molecule has 0 saturated heterocycles. The summed E-state index contributed by atoms with van der Waals surface area (Å²) < 4.78 is 0. The summed E-state index contributed by atoms with van der Waals surface area (Å²) in [5, 5.41) is 16.0. The van der Waals surface area contributed by atoms with Gasteiger partial charge in [0.15, 0.2) is 5.13 Å². The van der Waals surface area contributed by atoms with Gasteiger partial charge in [-0.1, -0.05) is 6.42 Å². The van der Waals surface area contributed by atoms with Gasteiger partial charge in [-0.15, -0.1) is 11.3 Å². The molecule has 0 amide bonds. The number of carboxylic acid groups (broad SMARTS) is 1. The first kappa shape index (κ1) is 14.7. The van der Waals surface area contributed by atoms with Gasteiger partial charge in [0.1, 0.15) is 5.41 Å². The van der Waals surface area contributed by atoms with Gasteiger partial charge >= 0.3 is 5.97 Å². The van der Waals surface area contributed by atoms with Gasteiger partial charge < -0.3 is 10.4 Å². The predicted octanol–water partition coefficient (Wildman–Crippen LogP) is 3.20. The number of aliphatic carboxylic acids is 1. The van der Waals surface area contributed by atoms with Crippen molar-refractivity contribution in [1.82, 2.24) is 4.98 Å². The van der Waals surface area contributed by atoms with Crippen molar-refractivity contribution in [2.24, 2.45) is 0 Å². The number of carboxylic acids is 1. The Hall–Kier alpha value is -0.750. The van der Waals surface area contributed by atoms with E-state index >= 15 is 0 Å². The van der Waals surface area contributed by atoms with Crippen molar-refractivity contribution in [2.45, 2.75) is 49.8 Å². The van der Waals surface area contributed by atoms with E-state index in [2.05, 4.69) is 16.6 Å². The van der Waals surface area contributed by atoms with Crippen LogP contribution >= 0.6 is 23.1 Å². The van der Waals surface area contributed by atoms with Crippen LogP contribution in [0.4, 0.5) is 5.13 Å². The van der Waals surface area contributed by atoms with Crippen molar-refractivity contribution >= 4 is 34.2 Å². The number of thioether (sulfide) groups is 1. The van der Waals surface area contributed by atoms with Crippen LogP contribution in [0.25, 0.3) is 0 Å². The zero-order chi connectivity index (χ0) is 14.0. The standard InChI is InChI=1S/C13H20N2O2S2/c1-13(2,11(16)17)10-7-19-12(15-10)14-8-5-4-6-9(8)18-3/h7-9H,4-6H2,1-3H3,(H,14,15)(H,16,17). The van der Waals surface area contributed by atoms with Crippen LogP contribution in [0.15, 0.2) is 5.38 Å². The lowest BCUT2D eigenvalue weighted by Crippen LogP contribution is -2.29. The summed E-state index contributed by atoms with van der Waals surface area (Å²) >= 11 is 3.40. The highest BCUT2D eigenvalue weighted by atomic mass is 32.2. The number of anilines is 1. The summed E-state index contributed by atoms with van der Waals surface area (Å²) in [7, 11) is 0. The van der Waals surface area contributed by atoms with Gasteiger partial charge in [-0.2, -0.15) is 11.8 Å². The molecule has 0 aromatic carbocycles. The second-order valence-corrected chi connectivity index (χ2v) is 7.36. The number of carbonyl (C=O) groups is 1. The molecular weight excluding hydrogens is 280 g/mol. The average molecular weight is 300 g/mol. The number of thiazole rings is 1. The minimum atomic E-state index is -0.926. The van der Waals surface area contributed by atoms with Crippen molar-refractivity contribution in [3.05, 3.63) is 11.1 Å². The Kier molecular flexibility index (Phi) is 4.40. The second-order valence-electron chi connectivity index (χ2n) is 5.42. The maximum atomic E-state index is 11.2. The number of rotatable bonds is 5. The maximum Gasteiger partial charge on any atom is 0.315 e. The van der Waals surface area contributed by atoms with Crippen molar-refractivity contribution in [3.8, 4) is 0 Å². The number of nitrogens with zero attached hydrogens (tertiary/aromatic N) is 1. The van der Waals surface area contributed by atoms with E-state index in [9.17, 15) is 9.90 Å². The monoisotopic (exact) mass is 300 g/mol. The molecule has 1 aromatic heterocycles. The molecule has 4 nitrogen and oxygen atoms in total. The Bertz CT molecular complexity index is 459. The van der Waals surface area contributed by atoms with Gasteiger partial charge in [0.25, 0.3) is 0 Å². The van der Waals surface area contributed by atoms with Crippen LogP contribution in [0.3, 0.4) is 0 Å². The molecule has 1 saturated carbocycles. The Morgan fingerprint density at radius 1 is 1.58 bits per heavy atom. The third-order valence-corrected chi connectivity index (χ3v) is 5.69. The Morgan fingerprint density at radius 2 is 2.32 bits per heavy atom. The van der Waals surface area contributed by atoms with Gasteiger partial charge in [-0.25, -0.2) is 4.98 Å². The van der Waals surface area contributed by atoms with Gasteiger partial charge in [-0.3, -0.25) is 4.79 Å². The zero-order valence-electron chi connectivity index (χ0n) is 11.5. The van der Waals surface area contributed by atoms with Gasteiger partial charge in [0, 0.05) is 16.7 Å². The Labute approximate surface area is 122 Å². The van der Waals surface area contributed by atoms with Crippen LogP contribution < -0.4 is 5.32 Å². The smallest absolute Gasteiger partial charge is 0.315 e. The third-order valence-electron chi connectivity index (χ3n) is 3.74. The lowest BCUT2D eigenvalue weighted by Gasteiger charge is -2.19. The number of aromatic nitrogens is 1. The summed E-state index contributed by atoms with van der Waals surface area (Å²) in [5.41, 5.74) is -0.295. The van der Waals surface area contributed by atoms with Gasteiger partial charge in [-0.05, 0) is 32.9 Å². The fourth-order valence-electron chi connectivity index (χ4n) is 2.27. The fourth-order valence-corrected chi connectivity index (χ4v) is 4.14. The van der Waals surface area contributed by atoms with Crippen LogP contribution in [-0.2, 0) is 10.2 Å². The Morgan fingerprint density at radius 3 is 2.95 bits per heavy atom. The average Bonchev–Trinajstić information content (AvgIpc) is 2.98. The van der Waals surface area contributed by atoms with E-state index < -0.39 is 11.4 Å². The summed E-state index contributed by atoms with van der Waals surface area (Å²) in [4.78, 5) is 15.7. The quantitative estimate of drug-likeness (QED) is 0.874. The molecule has 1 fully saturated rings. The highest BCUT2D eigenvalue weighted by Gasteiger charge is 2.33. The van der Waals surface area contributed by atoms with Crippen molar-refractivity contribution in [1.29, 1.82) is 0 Å². The lowest BCUT2D eigenvalue weighted by atomic mass is 9.90. The predicted molar refractivity (Wildman–Crippen MR) is 81.3 cm³/mol. The Balaban J connectivity index is 2.07. The minimum absolute atomic E-state index is 0.460. The molecule has 19 heavy (non-hydrogen) atoms. The molecule has 0 bridgehead atoms. The summed E-state index contributed by atoms with van der Waals surface area (Å²) in [6, 6.07) is 0.460. The molecule has 0 radical (unpaired) electrons. The van der Waals surface area contributed by atoms with Crippen molar-refractivity contribution in [3.63, 3.8) is 0 Å². The van der Waals surface area contributed by atoms with E-state index in [4.69, 9.17) is 0 Å². The van der Waals surface area contributed by atoms with Crippen molar-refractivity contribution < 1.29 is 9.90 Å². The molecule has 6 heteroatoms. The van der Waals surface area contributed by atoms with E-state index in [-0.39, 0.29) is 0 Å². The van der Waals surface area contributed by atoms with Gasteiger partial charge in [0.05, 0.1) is 5.69 Å². The molecule has 2 atom stereocenters. The minimum Gasteiger partial charge on any atom is -0.481 e. The van der Waals surface area contributed by atoms with Crippen LogP contribution in [0.2, 0.25) is 0 Å². The normalized spacial score (nSPS) is 23.5.